The van der Waals surface area contributed by atoms with Gasteiger partial charge in [0.15, 0.2) is 0 Å². The Balaban J connectivity index is 3.08. The van der Waals surface area contributed by atoms with Gasteiger partial charge in [0.05, 0.1) is 4.83 Å². The molecule has 0 fully saturated rings. The van der Waals surface area contributed by atoms with Crippen LogP contribution in [0.4, 0.5) is 0 Å². The summed E-state index contributed by atoms with van der Waals surface area (Å²) in [6, 6.07) is 5.36. The van der Waals surface area contributed by atoms with Crippen LogP contribution in [0.15, 0.2) is 22.7 Å². The Labute approximate surface area is 98.7 Å². The molecule has 0 amide bonds. The van der Waals surface area contributed by atoms with Crippen molar-refractivity contribution in [3.63, 3.8) is 0 Å². The second kappa shape index (κ2) is 4.58. The average Bonchev–Trinajstić information content (AvgIpc) is 2.03. The maximum absolute atomic E-state index is 11.1. The molecule has 0 spiro atoms. The molecule has 0 bridgehead atoms. The van der Waals surface area contributed by atoms with Gasteiger partial charge in [-0.2, -0.15) is 0 Å². The summed E-state index contributed by atoms with van der Waals surface area (Å²) in [5.74, 6) is 0.0722. The number of rotatable bonds is 2. The summed E-state index contributed by atoms with van der Waals surface area (Å²) in [6.07, 6.45) is 0. The topological polar surface area (TPSA) is 17.1 Å². The number of Topliss-reactive ketones (excluding diaryl/α,β-unsaturated/α-hetero) is 1. The van der Waals surface area contributed by atoms with E-state index < -0.39 is 0 Å². The van der Waals surface area contributed by atoms with Gasteiger partial charge in [0, 0.05) is 9.50 Å². The highest BCUT2D eigenvalue weighted by Crippen LogP contribution is 2.32. The Morgan fingerprint density at radius 2 is 2.15 bits per heavy atom. The van der Waals surface area contributed by atoms with Gasteiger partial charge in [-0.25, -0.2) is 0 Å². The first-order valence-electron chi connectivity index (χ1n) is 3.62. The van der Waals surface area contributed by atoms with Gasteiger partial charge < -0.3 is 0 Å². The van der Waals surface area contributed by atoms with E-state index in [0.717, 1.165) is 10.0 Å². The zero-order valence-electron chi connectivity index (χ0n) is 6.85. The highest BCUT2D eigenvalue weighted by Gasteiger charge is 2.15. The van der Waals surface area contributed by atoms with Crippen molar-refractivity contribution in [3.05, 3.63) is 33.3 Å². The third kappa shape index (κ3) is 2.79. The summed E-state index contributed by atoms with van der Waals surface area (Å²) in [4.78, 5) is 10.8. The molecule has 1 aromatic carbocycles. The Kier molecular flexibility index (Phi) is 3.95. The van der Waals surface area contributed by atoms with E-state index >= 15 is 0 Å². The Bertz CT molecular complexity index is 338. The number of halogens is 3. The predicted molar refractivity (Wildman–Crippen MR) is 61.5 cm³/mol. The molecule has 13 heavy (non-hydrogen) atoms. The van der Waals surface area contributed by atoms with Crippen LogP contribution in [0, 0.1) is 0 Å². The lowest BCUT2D eigenvalue weighted by atomic mass is 10.1. The standard InChI is InChI=1S/C9H7Br2ClO/c1-5(13)9(11)7-3-2-6(12)4-8(7)10/h2-4,9H,1H3. The van der Waals surface area contributed by atoms with Crippen LogP contribution in [0.1, 0.15) is 17.3 Å². The Morgan fingerprint density at radius 3 is 2.62 bits per heavy atom. The molecule has 1 unspecified atom stereocenters. The first-order valence-corrected chi connectivity index (χ1v) is 5.70. The molecule has 1 nitrogen and oxygen atoms in total. The number of hydrogen-bond acceptors (Lipinski definition) is 1. The molecule has 70 valence electrons. The minimum atomic E-state index is -0.265. The normalized spacial score (nSPS) is 12.6. The van der Waals surface area contributed by atoms with Gasteiger partial charge in [0.25, 0.3) is 0 Å². The second-order valence-electron chi connectivity index (χ2n) is 2.64. The fraction of sp³-hybridized carbons (Fsp3) is 0.222. The molecule has 4 heteroatoms. The molecule has 0 heterocycles. The van der Waals surface area contributed by atoms with E-state index in [2.05, 4.69) is 31.9 Å². The van der Waals surface area contributed by atoms with Gasteiger partial charge >= 0.3 is 0 Å². The number of ketones is 1. The minimum Gasteiger partial charge on any atom is -0.298 e. The third-order valence-corrected chi connectivity index (χ3v) is 3.65. The lowest BCUT2D eigenvalue weighted by molar-refractivity contribution is -0.116. The number of hydrogen-bond donors (Lipinski definition) is 0. The summed E-state index contributed by atoms with van der Waals surface area (Å²) in [5, 5.41) is 0.652. The Hall–Kier alpha value is 0.140. The van der Waals surface area contributed by atoms with Gasteiger partial charge in [-0.1, -0.05) is 49.5 Å². The number of alkyl halides is 1. The molecule has 0 saturated carbocycles. The van der Waals surface area contributed by atoms with Gasteiger partial charge in [-0.05, 0) is 24.6 Å². The van der Waals surface area contributed by atoms with E-state index in [-0.39, 0.29) is 10.6 Å². The van der Waals surface area contributed by atoms with Crippen LogP contribution < -0.4 is 0 Å². The quantitative estimate of drug-likeness (QED) is 0.747. The van der Waals surface area contributed by atoms with Crippen molar-refractivity contribution in [1.82, 2.24) is 0 Å². The molecule has 0 radical (unpaired) electrons. The fourth-order valence-corrected chi connectivity index (χ4v) is 2.54. The van der Waals surface area contributed by atoms with Gasteiger partial charge in [-0.3, -0.25) is 4.79 Å². The molecule has 0 N–H and O–H groups in total. The summed E-state index contributed by atoms with van der Waals surface area (Å²) in [7, 11) is 0. The first-order chi connectivity index (χ1) is 6.02. The molecule has 1 atom stereocenters. The van der Waals surface area contributed by atoms with Crippen molar-refractivity contribution >= 4 is 49.2 Å². The molecule has 1 aromatic rings. The van der Waals surface area contributed by atoms with Crippen molar-refractivity contribution < 1.29 is 4.79 Å². The lowest BCUT2D eigenvalue weighted by Gasteiger charge is -2.08. The van der Waals surface area contributed by atoms with Gasteiger partial charge in [-0.15, -0.1) is 0 Å². The average molecular weight is 326 g/mol. The van der Waals surface area contributed by atoms with E-state index in [0.29, 0.717) is 5.02 Å². The highest BCUT2D eigenvalue weighted by molar-refractivity contribution is 9.11. The molecule has 0 saturated heterocycles. The van der Waals surface area contributed by atoms with Crippen LogP contribution >= 0.6 is 43.5 Å². The Morgan fingerprint density at radius 1 is 1.54 bits per heavy atom. The zero-order valence-corrected chi connectivity index (χ0v) is 10.8. The zero-order chi connectivity index (χ0) is 10.0. The van der Waals surface area contributed by atoms with Crippen LogP contribution in [-0.4, -0.2) is 5.78 Å². The van der Waals surface area contributed by atoms with E-state index in [4.69, 9.17) is 11.6 Å². The third-order valence-electron chi connectivity index (χ3n) is 1.59. The van der Waals surface area contributed by atoms with Crippen molar-refractivity contribution in [2.75, 3.05) is 0 Å². The first kappa shape index (κ1) is 11.2. The van der Waals surface area contributed by atoms with E-state index in [1.54, 1.807) is 19.1 Å². The molecule has 0 aromatic heterocycles. The largest absolute Gasteiger partial charge is 0.298 e. The van der Waals surface area contributed by atoms with Crippen molar-refractivity contribution in [2.45, 2.75) is 11.8 Å². The maximum atomic E-state index is 11.1. The predicted octanol–water partition coefficient (Wildman–Crippen LogP) is 4.13. The number of carbonyl (C=O) groups excluding carboxylic acids is 1. The van der Waals surface area contributed by atoms with Crippen molar-refractivity contribution in [3.8, 4) is 0 Å². The minimum absolute atomic E-state index is 0.0722. The molecular weight excluding hydrogens is 319 g/mol. The second-order valence-corrected chi connectivity index (χ2v) is 4.85. The monoisotopic (exact) mass is 324 g/mol. The van der Waals surface area contributed by atoms with Crippen molar-refractivity contribution in [2.24, 2.45) is 0 Å². The lowest BCUT2D eigenvalue weighted by Crippen LogP contribution is -2.01. The molecule has 1 rings (SSSR count). The van der Waals surface area contributed by atoms with E-state index in [9.17, 15) is 4.79 Å². The molecular formula is C9H7Br2ClO. The summed E-state index contributed by atoms with van der Waals surface area (Å²) in [6.45, 7) is 1.54. The SMILES string of the molecule is CC(=O)C(Br)c1ccc(Cl)cc1Br. The smallest absolute Gasteiger partial charge is 0.147 e. The van der Waals surface area contributed by atoms with Crippen LogP contribution in [0.2, 0.25) is 5.02 Å². The number of benzene rings is 1. The summed E-state index contributed by atoms with van der Waals surface area (Å²) >= 11 is 12.4. The van der Waals surface area contributed by atoms with Gasteiger partial charge in [0.1, 0.15) is 5.78 Å². The van der Waals surface area contributed by atoms with E-state index in [1.807, 2.05) is 6.07 Å². The number of carbonyl (C=O) groups is 1. The molecule has 0 aliphatic carbocycles. The summed E-state index contributed by atoms with van der Waals surface area (Å²) < 4.78 is 0.845. The maximum Gasteiger partial charge on any atom is 0.147 e. The fourth-order valence-electron chi connectivity index (χ4n) is 0.926. The van der Waals surface area contributed by atoms with Crippen LogP contribution in [0.3, 0.4) is 0 Å². The summed E-state index contributed by atoms with van der Waals surface area (Å²) in [5.41, 5.74) is 0.900. The van der Waals surface area contributed by atoms with Gasteiger partial charge in [0.2, 0.25) is 0 Å². The van der Waals surface area contributed by atoms with Crippen LogP contribution in [0.25, 0.3) is 0 Å². The van der Waals surface area contributed by atoms with Crippen molar-refractivity contribution in [1.29, 1.82) is 0 Å². The van der Waals surface area contributed by atoms with E-state index in [1.165, 1.54) is 0 Å². The highest BCUT2D eigenvalue weighted by atomic mass is 79.9. The van der Waals surface area contributed by atoms with Crippen LogP contribution in [0.5, 0.6) is 0 Å². The van der Waals surface area contributed by atoms with Crippen LogP contribution in [-0.2, 0) is 4.79 Å². The molecule has 0 aliphatic rings. The molecule has 0 aliphatic heterocycles.